The maximum absolute atomic E-state index is 13.7. The molecule has 20 heavy (non-hydrogen) atoms. The Labute approximate surface area is 114 Å². The Bertz CT molecular complexity index is 733. The molecule has 4 nitrogen and oxygen atoms in total. The third-order valence-corrected chi connectivity index (χ3v) is 2.72. The standard InChI is InChI=1S/C15H9FN2O2/c16-14-7-3-2-6-13(14)12(10-17)9-11-5-1-4-8-15(11)18(19)20/h1-9H. The highest BCUT2D eigenvalue weighted by Gasteiger charge is 2.13. The van der Waals surface area contributed by atoms with Crippen molar-refractivity contribution in [2.24, 2.45) is 0 Å². The summed E-state index contributed by atoms with van der Waals surface area (Å²) in [6.07, 6.45) is 1.32. The minimum atomic E-state index is -0.543. The van der Waals surface area contributed by atoms with Gasteiger partial charge < -0.3 is 0 Å². The molecule has 2 aromatic rings. The van der Waals surface area contributed by atoms with E-state index in [0.29, 0.717) is 0 Å². The second-order valence-electron chi connectivity index (χ2n) is 3.97. The molecule has 0 N–H and O–H groups in total. The molecule has 98 valence electrons. The fourth-order valence-electron chi connectivity index (χ4n) is 1.78. The Morgan fingerprint density at radius 3 is 2.50 bits per heavy atom. The zero-order valence-corrected chi connectivity index (χ0v) is 10.3. The van der Waals surface area contributed by atoms with Gasteiger partial charge in [-0.25, -0.2) is 4.39 Å². The van der Waals surface area contributed by atoms with E-state index < -0.39 is 10.7 Å². The molecule has 0 unspecified atom stereocenters. The molecule has 0 bridgehead atoms. The maximum Gasteiger partial charge on any atom is 0.276 e. The third-order valence-electron chi connectivity index (χ3n) is 2.72. The van der Waals surface area contributed by atoms with Gasteiger partial charge in [0.1, 0.15) is 5.82 Å². The fourth-order valence-corrected chi connectivity index (χ4v) is 1.78. The number of hydrogen-bond donors (Lipinski definition) is 0. The summed E-state index contributed by atoms with van der Waals surface area (Å²) in [5.41, 5.74) is 0.291. The number of nitrogens with zero attached hydrogens (tertiary/aromatic N) is 2. The van der Waals surface area contributed by atoms with Gasteiger partial charge in [0.15, 0.2) is 0 Å². The van der Waals surface area contributed by atoms with Crippen LogP contribution >= 0.6 is 0 Å². The second kappa shape index (κ2) is 5.76. The average molecular weight is 268 g/mol. The Balaban J connectivity index is 2.57. The van der Waals surface area contributed by atoms with Crippen LogP contribution in [0.3, 0.4) is 0 Å². The molecule has 0 aliphatic rings. The van der Waals surface area contributed by atoms with E-state index in [4.69, 9.17) is 5.26 Å². The molecule has 0 saturated carbocycles. The number of para-hydroxylation sites is 1. The number of benzene rings is 2. The van der Waals surface area contributed by atoms with E-state index in [-0.39, 0.29) is 22.4 Å². The molecule has 5 heteroatoms. The topological polar surface area (TPSA) is 66.9 Å². The highest BCUT2D eigenvalue weighted by atomic mass is 19.1. The normalized spacial score (nSPS) is 10.9. The van der Waals surface area contributed by atoms with Crippen LogP contribution in [0.15, 0.2) is 48.5 Å². The van der Waals surface area contributed by atoms with Crippen LogP contribution in [0.1, 0.15) is 11.1 Å². The minimum Gasteiger partial charge on any atom is -0.258 e. The van der Waals surface area contributed by atoms with E-state index >= 15 is 0 Å². The number of nitro groups is 1. The van der Waals surface area contributed by atoms with Gasteiger partial charge in [-0.2, -0.15) is 5.26 Å². The molecule has 2 rings (SSSR count). The van der Waals surface area contributed by atoms with Crippen LogP contribution in [-0.4, -0.2) is 4.92 Å². The van der Waals surface area contributed by atoms with E-state index in [9.17, 15) is 14.5 Å². The van der Waals surface area contributed by atoms with Crippen molar-refractivity contribution in [1.82, 2.24) is 0 Å². The van der Waals surface area contributed by atoms with Crippen molar-refractivity contribution in [1.29, 1.82) is 5.26 Å². The molecule has 0 atom stereocenters. The highest BCUT2D eigenvalue weighted by Crippen LogP contribution is 2.25. The Morgan fingerprint density at radius 1 is 1.20 bits per heavy atom. The van der Waals surface area contributed by atoms with Crippen molar-refractivity contribution in [3.8, 4) is 6.07 Å². The summed E-state index contributed by atoms with van der Waals surface area (Å²) in [4.78, 5) is 10.4. The van der Waals surface area contributed by atoms with Gasteiger partial charge in [0.05, 0.1) is 22.1 Å². The molecule has 0 saturated heterocycles. The molecule has 0 amide bonds. The monoisotopic (exact) mass is 268 g/mol. The summed E-state index contributed by atoms with van der Waals surface area (Å²) in [6.45, 7) is 0. The van der Waals surface area contributed by atoms with E-state index in [1.54, 1.807) is 12.1 Å². The summed E-state index contributed by atoms with van der Waals surface area (Å²) < 4.78 is 13.7. The van der Waals surface area contributed by atoms with Gasteiger partial charge in [-0.05, 0) is 18.2 Å². The first-order valence-corrected chi connectivity index (χ1v) is 5.73. The lowest BCUT2D eigenvalue weighted by molar-refractivity contribution is -0.385. The van der Waals surface area contributed by atoms with Gasteiger partial charge >= 0.3 is 0 Å². The molecule has 0 fully saturated rings. The second-order valence-corrected chi connectivity index (χ2v) is 3.97. The van der Waals surface area contributed by atoms with Crippen LogP contribution in [0, 0.1) is 27.3 Å². The van der Waals surface area contributed by atoms with Crippen molar-refractivity contribution < 1.29 is 9.31 Å². The van der Waals surface area contributed by atoms with Crippen LogP contribution in [0.2, 0.25) is 0 Å². The SMILES string of the molecule is N#CC(=Cc1ccccc1[N+](=O)[O-])c1ccccc1F. The van der Waals surface area contributed by atoms with Crippen LogP contribution in [0.4, 0.5) is 10.1 Å². The van der Waals surface area contributed by atoms with Crippen molar-refractivity contribution in [3.05, 3.63) is 75.6 Å². The summed E-state index contributed by atoms with van der Waals surface area (Å²) in [6, 6.07) is 13.7. The molecule has 0 radical (unpaired) electrons. The zero-order valence-electron chi connectivity index (χ0n) is 10.3. The van der Waals surface area contributed by atoms with Gasteiger partial charge in [0, 0.05) is 11.6 Å². The fraction of sp³-hybridized carbons (Fsp3) is 0. The molecular weight excluding hydrogens is 259 g/mol. The lowest BCUT2D eigenvalue weighted by atomic mass is 10.0. The van der Waals surface area contributed by atoms with Crippen LogP contribution in [-0.2, 0) is 0 Å². The number of nitro benzene ring substituents is 1. The predicted molar refractivity (Wildman–Crippen MR) is 73.0 cm³/mol. The van der Waals surface area contributed by atoms with E-state index in [1.807, 2.05) is 6.07 Å². The average Bonchev–Trinajstić information content (AvgIpc) is 2.46. The van der Waals surface area contributed by atoms with Crippen molar-refractivity contribution in [2.75, 3.05) is 0 Å². The number of rotatable bonds is 3. The van der Waals surface area contributed by atoms with Gasteiger partial charge in [-0.15, -0.1) is 0 Å². The van der Waals surface area contributed by atoms with Crippen molar-refractivity contribution in [3.63, 3.8) is 0 Å². The smallest absolute Gasteiger partial charge is 0.258 e. The molecule has 0 spiro atoms. The van der Waals surface area contributed by atoms with E-state index in [2.05, 4.69) is 0 Å². The summed E-state index contributed by atoms with van der Waals surface area (Å²) >= 11 is 0. The van der Waals surface area contributed by atoms with Gasteiger partial charge in [-0.1, -0.05) is 30.3 Å². The van der Waals surface area contributed by atoms with E-state index in [0.717, 1.165) is 0 Å². The Hall–Kier alpha value is -3.00. The summed E-state index contributed by atoms with van der Waals surface area (Å²) in [5.74, 6) is -0.543. The number of hydrogen-bond acceptors (Lipinski definition) is 3. The summed E-state index contributed by atoms with van der Waals surface area (Å²) in [7, 11) is 0. The number of nitriles is 1. The minimum absolute atomic E-state index is 0.0393. The van der Waals surface area contributed by atoms with Crippen molar-refractivity contribution >= 4 is 17.3 Å². The van der Waals surface area contributed by atoms with E-state index in [1.165, 1.54) is 42.5 Å². The maximum atomic E-state index is 13.7. The molecule has 0 aromatic heterocycles. The predicted octanol–water partition coefficient (Wildman–Crippen LogP) is 3.80. The van der Waals surface area contributed by atoms with Crippen LogP contribution < -0.4 is 0 Å². The number of halogens is 1. The largest absolute Gasteiger partial charge is 0.276 e. The molecule has 0 aliphatic carbocycles. The molecule has 0 heterocycles. The molecule has 2 aromatic carbocycles. The lowest BCUT2D eigenvalue weighted by Crippen LogP contribution is -1.92. The lowest BCUT2D eigenvalue weighted by Gasteiger charge is -2.02. The number of allylic oxidation sites excluding steroid dienone is 1. The van der Waals surface area contributed by atoms with Gasteiger partial charge in [0.2, 0.25) is 0 Å². The Kier molecular flexibility index (Phi) is 3.87. The highest BCUT2D eigenvalue weighted by molar-refractivity contribution is 5.91. The van der Waals surface area contributed by atoms with Gasteiger partial charge in [0.25, 0.3) is 5.69 Å². The first-order chi connectivity index (χ1) is 9.63. The van der Waals surface area contributed by atoms with Crippen LogP contribution in [0.25, 0.3) is 11.6 Å². The first kappa shape index (κ1) is 13.4. The molecular formula is C15H9FN2O2. The zero-order chi connectivity index (χ0) is 14.5. The van der Waals surface area contributed by atoms with Crippen LogP contribution in [0.5, 0.6) is 0 Å². The quantitative estimate of drug-likeness (QED) is 0.368. The summed E-state index contributed by atoms with van der Waals surface area (Å²) in [5, 5.41) is 20.1. The first-order valence-electron chi connectivity index (χ1n) is 5.73. The molecule has 0 aliphatic heterocycles. The third kappa shape index (κ3) is 2.70. The van der Waals surface area contributed by atoms with Gasteiger partial charge in [-0.3, -0.25) is 10.1 Å². The van der Waals surface area contributed by atoms with Crippen molar-refractivity contribution in [2.45, 2.75) is 0 Å². The Morgan fingerprint density at radius 2 is 1.85 bits per heavy atom.